The molecule has 0 aliphatic heterocycles. The van der Waals surface area contributed by atoms with Crippen molar-refractivity contribution >= 4 is 27.5 Å². The van der Waals surface area contributed by atoms with E-state index in [9.17, 15) is 4.79 Å². The van der Waals surface area contributed by atoms with E-state index in [1.54, 1.807) is 24.4 Å². The van der Waals surface area contributed by atoms with E-state index in [2.05, 4.69) is 26.2 Å². The number of halogens is 1. The summed E-state index contributed by atoms with van der Waals surface area (Å²) in [6.07, 6.45) is 2.46. The number of pyridine rings is 1. The Labute approximate surface area is 120 Å². The van der Waals surface area contributed by atoms with Gasteiger partial charge in [0.05, 0.1) is 0 Å². The third-order valence-corrected chi connectivity index (χ3v) is 3.34. The summed E-state index contributed by atoms with van der Waals surface area (Å²) in [6, 6.07) is 10.9. The Kier molecular flexibility index (Phi) is 4.52. The van der Waals surface area contributed by atoms with Crippen LogP contribution < -0.4 is 11.1 Å². The maximum Gasteiger partial charge on any atom is 0.251 e. The van der Waals surface area contributed by atoms with Crippen LogP contribution in [0.5, 0.6) is 0 Å². The molecule has 1 amide bonds. The highest BCUT2D eigenvalue weighted by Crippen LogP contribution is 2.20. The molecule has 3 N–H and O–H groups in total. The minimum absolute atomic E-state index is 0.114. The van der Waals surface area contributed by atoms with Crippen LogP contribution in [0.4, 0.5) is 5.69 Å². The summed E-state index contributed by atoms with van der Waals surface area (Å²) in [7, 11) is 0. The number of hydrogen-bond acceptors (Lipinski definition) is 3. The Morgan fingerprint density at radius 1 is 1.32 bits per heavy atom. The zero-order valence-electron chi connectivity index (χ0n) is 10.3. The first-order chi connectivity index (χ1) is 9.16. The van der Waals surface area contributed by atoms with Crippen molar-refractivity contribution in [3.63, 3.8) is 0 Å². The second-order valence-electron chi connectivity index (χ2n) is 4.06. The predicted octanol–water partition coefficient (Wildman–Crippen LogP) is 2.40. The number of hydrogen-bond donors (Lipinski definition) is 2. The molecule has 4 nitrogen and oxygen atoms in total. The first-order valence-electron chi connectivity index (χ1n) is 5.90. The zero-order valence-corrected chi connectivity index (χ0v) is 11.9. The van der Waals surface area contributed by atoms with Crippen molar-refractivity contribution in [2.75, 3.05) is 12.3 Å². The molecule has 5 heteroatoms. The first kappa shape index (κ1) is 13.5. The van der Waals surface area contributed by atoms with Crippen LogP contribution >= 0.6 is 15.9 Å². The van der Waals surface area contributed by atoms with Crippen LogP contribution in [0.15, 0.2) is 47.1 Å². The molecule has 0 radical (unpaired) electrons. The maximum absolute atomic E-state index is 11.9. The quantitative estimate of drug-likeness (QED) is 0.850. The van der Waals surface area contributed by atoms with Gasteiger partial charge in [0.2, 0.25) is 0 Å². The van der Waals surface area contributed by atoms with Crippen molar-refractivity contribution in [1.29, 1.82) is 0 Å². The highest BCUT2D eigenvalue weighted by molar-refractivity contribution is 9.10. The fourth-order valence-electron chi connectivity index (χ4n) is 1.62. The molecule has 0 fully saturated rings. The average Bonchev–Trinajstić information content (AvgIpc) is 2.43. The van der Waals surface area contributed by atoms with Gasteiger partial charge in [-0.25, -0.2) is 0 Å². The number of benzene rings is 1. The van der Waals surface area contributed by atoms with Gasteiger partial charge in [-0.15, -0.1) is 0 Å². The molecule has 0 atom stereocenters. The van der Waals surface area contributed by atoms with Crippen LogP contribution in [0.3, 0.4) is 0 Å². The van der Waals surface area contributed by atoms with Gasteiger partial charge in [-0.1, -0.05) is 6.07 Å². The van der Waals surface area contributed by atoms with Crippen LogP contribution in [-0.4, -0.2) is 17.4 Å². The van der Waals surface area contributed by atoms with Gasteiger partial charge in [0.25, 0.3) is 5.91 Å². The highest BCUT2D eigenvalue weighted by Gasteiger charge is 2.06. The van der Waals surface area contributed by atoms with E-state index in [0.717, 1.165) is 10.2 Å². The molecule has 0 spiro atoms. The number of nitrogen functional groups attached to an aromatic ring is 1. The lowest BCUT2D eigenvalue weighted by atomic mass is 10.2. The number of carbonyl (C=O) groups is 1. The SMILES string of the molecule is Nc1ccc(C(=O)NCCc2ccccn2)cc1Br. The van der Waals surface area contributed by atoms with Gasteiger partial charge in [-0.3, -0.25) is 9.78 Å². The molecule has 0 aliphatic rings. The monoisotopic (exact) mass is 319 g/mol. The van der Waals surface area contributed by atoms with Crippen LogP contribution in [0.2, 0.25) is 0 Å². The Balaban J connectivity index is 1.89. The molecule has 2 rings (SSSR count). The van der Waals surface area contributed by atoms with E-state index >= 15 is 0 Å². The Morgan fingerprint density at radius 3 is 2.84 bits per heavy atom. The fraction of sp³-hybridized carbons (Fsp3) is 0.143. The summed E-state index contributed by atoms with van der Waals surface area (Å²) in [5, 5.41) is 2.85. The van der Waals surface area contributed by atoms with E-state index in [1.165, 1.54) is 0 Å². The number of aromatic nitrogens is 1. The van der Waals surface area contributed by atoms with Gasteiger partial charge in [0, 0.05) is 40.6 Å². The standard InChI is InChI=1S/C14H14BrN3O/c15-12-9-10(4-5-13(12)16)14(19)18-8-6-11-3-1-2-7-17-11/h1-5,7,9H,6,8,16H2,(H,18,19). The molecule has 19 heavy (non-hydrogen) atoms. The molecule has 1 aromatic heterocycles. The number of amides is 1. The van der Waals surface area contributed by atoms with Crippen LogP contribution in [0.1, 0.15) is 16.1 Å². The Morgan fingerprint density at radius 2 is 2.16 bits per heavy atom. The highest BCUT2D eigenvalue weighted by atomic mass is 79.9. The van der Waals surface area contributed by atoms with Crippen LogP contribution in [0.25, 0.3) is 0 Å². The molecular weight excluding hydrogens is 306 g/mol. The lowest BCUT2D eigenvalue weighted by molar-refractivity contribution is 0.0954. The normalized spacial score (nSPS) is 10.2. The number of nitrogens with two attached hydrogens (primary N) is 1. The Hall–Kier alpha value is -1.88. The summed E-state index contributed by atoms with van der Waals surface area (Å²) in [5.74, 6) is -0.114. The predicted molar refractivity (Wildman–Crippen MR) is 78.8 cm³/mol. The van der Waals surface area contributed by atoms with Crippen molar-refractivity contribution in [3.05, 3.63) is 58.3 Å². The number of rotatable bonds is 4. The molecule has 0 unspecified atom stereocenters. The topological polar surface area (TPSA) is 68.0 Å². The van der Waals surface area contributed by atoms with Crippen molar-refractivity contribution in [1.82, 2.24) is 10.3 Å². The molecule has 1 aromatic carbocycles. The van der Waals surface area contributed by atoms with Gasteiger partial charge < -0.3 is 11.1 Å². The minimum Gasteiger partial charge on any atom is -0.398 e. The van der Waals surface area contributed by atoms with E-state index in [0.29, 0.717) is 24.2 Å². The van der Waals surface area contributed by atoms with Crippen LogP contribution in [-0.2, 0) is 6.42 Å². The fourth-order valence-corrected chi connectivity index (χ4v) is 2.00. The molecule has 0 bridgehead atoms. The van der Waals surface area contributed by atoms with E-state index in [4.69, 9.17) is 5.73 Å². The van der Waals surface area contributed by atoms with Crippen molar-refractivity contribution in [2.45, 2.75) is 6.42 Å². The lowest BCUT2D eigenvalue weighted by Crippen LogP contribution is -2.25. The van der Waals surface area contributed by atoms with Gasteiger partial charge in [0.15, 0.2) is 0 Å². The molecule has 2 aromatic rings. The summed E-state index contributed by atoms with van der Waals surface area (Å²) < 4.78 is 0.727. The maximum atomic E-state index is 11.9. The summed E-state index contributed by atoms with van der Waals surface area (Å²) >= 11 is 3.30. The molecule has 0 saturated heterocycles. The molecule has 98 valence electrons. The van der Waals surface area contributed by atoms with Crippen molar-refractivity contribution in [3.8, 4) is 0 Å². The van der Waals surface area contributed by atoms with E-state index in [-0.39, 0.29) is 5.91 Å². The summed E-state index contributed by atoms with van der Waals surface area (Å²) in [5.41, 5.74) is 7.84. The summed E-state index contributed by atoms with van der Waals surface area (Å²) in [4.78, 5) is 16.1. The van der Waals surface area contributed by atoms with Gasteiger partial charge in [0.1, 0.15) is 0 Å². The summed E-state index contributed by atoms with van der Waals surface area (Å²) in [6.45, 7) is 0.553. The average molecular weight is 320 g/mol. The Bertz CT molecular complexity index is 572. The van der Waals surface area contributed by atoms with Crippen LogP contribution in [0, 0.1) is 0 Å². The first-order valence-corrected chi connectivity index (χ1v) is 6.69. The van der Waals surface area contributed by atoms with Crippen molar-refractivity contribution < 1.29 is 4.79 Å². The van der Waals surface area contributed by atoms with Gasteiger partial charge in [-0.05, 0) is 46.3 Å². The number of carbonyl (C=O) groups excluding carboxylic acids is 1. The molecule has 0 saturated carbocycles. The second-order valence-corrected chi connectivity index (χ2v) is 4.92. The lowest BCUT2D eigenvalue weighted by Gasteiger charge is -2.06. The second kappa shape index (κ2) is 6.33. The van der Waals surface area contributed by atoms with Gasteiger partial charge >= 0.3 is 0 Å². The van der Waals surface area contributed by atoms with E-state index < -0.39 is 0 Å². The smallest absolute Gasteiger partial charge is 0.251 e. The van der Waals surface area contributed by atoms with Gasteiger partial charge in [-0.2, -0.15) is 0 Å². The van der Waals surface area contributed by atoms with E-state index in [1.807, 2.05) is 18.2 Å². The third-order valence-electron chi connectivity index (χ3n) is 2.66. The number of nitrogens with one attached hydrogen (secondary N) is 1. The number of nitrogens with zero attached hydrogens (tertiary/aromatic N) is 1. The molecule has 0 aliphatic carbocycles. The zero-order chi connectivity index (χ0) is 13.7. The third kappa shape index (κ3) is 3.79. The number of anilines is 1. The van der Waals surface area contributed by atoms with Crippen molar-refractivity contribution in [2.24, 2.45) is 0 Å². The molecular formula is C14H14BrN3O. The molecule has 1 heterocycles. The minimum atomic E-state index is -0.114. The largest absolute Gasteiger partial charge is 0.398 e.